The smallest absolute Gasteiger partial charge is 0.314 e. The zero-order valence-corrected chi connectivity index (χ0v) is 26.6. The fourth-order valence-electron chi connectivity index (χ4n) is 7.06. The molecule has 0 spiro atoms. The van der Waals surface area contributed by atoms with Gasteiger partial charge in [0.2, 0.25) is 5.91 Å². The van der Waals surface area contributed by atoms with Gasteiger partial charge >= 0.3 is 6.03 Å². The zero-order chi connectivity index (χ0) is 27.7. The Morgan fingerprint density at radius 3 is 2.33 bits per heavy atom. The first-order valence-corrected chi connectivity index (χ1v) is 16.2. The maximum Gasteiger partial charge on any atom is 0.314 e. The van der Waals surface area contributed by atoms with Gasteiger partial charge in [-0.1, -0.05) is 54.6 Å². The van der Waals surface area contributed by atoms with Gasteiger partial charge in [-0.3, -0.25) is 4.79 Å². The Kier molecular flexibility index (Phi) is 9.29. The number of benzene rings is 1. The molecule has 2 saturated heterocycles. The SMILES string of the molecule is CC1=CC(Br)=CC2=C(CC1)[C@H](C1CCN(C(=O)CC3CCN(C(N)=O)CC3)CC1)c1c(Br)cc(Cl)cc1CC2. The number of piperidine rings is 2. The molecule has 1 aromatic rings. The molecule has 2 fully saturated rings. The number of nitrogens with zero attached hydrogens (tertiary/aromatic N) is 2. The number of fused-ring (bicyclic) bond motifs is 1. The predicted octanol–water partition coefficient (Wildman–Crippen LogP) is 7.87. The number of primary amides is 1. The molecule has 2 N–H and O–H groups in total. The average molecular weight is 680 g/mol. The molecule has 0 radical (unpaired) electrons. The molecule has 0 bridgehead atoms. The minimum Gasteiger partial charge on any atom is -0.351 e. The minimum atomic E-state index is -0.354. The lowest BCUT2D eigenvalue weighted by molar-refractivity contribution is -0.134. The Labute approximate surface area is 254 Å². The van der Waals surface area contributed by atoms with Crippen molar-refractivity contribution < 1.29 is 9.59 Å². The van der Waals surface area contributed by atoms with Crippen molar-refractivity contribution in [3.8, 4) is 0 Å². The van der Waals surface area contributed by atoms with E-state index in [1.54, 1.807) is 10.5 Å². The Morgan fingerprint density at radius 1 is 0.949 bits per heavy atom. The number of nitrogens with two attached hydrogens (primary N) is 1. The Morgan fingerprint density at radius 2 is 1.64 bits per heavy atom. The van der Waals surface area contributed by atoms with Crippen molar-refractivity contribution in [2.24, 2.45) is 17.6 Å². The standard InChI is InChI=1S/C31H38Br2ClN3O2/c1-19-2-5-26-22(16-24(32)14-19)3-4-23-17-25(34)18-27(33)30(23)29(26)21-8-12-36(13-9-21)28(38)15-20-6-10-37(11-7-20)31(35)39/h14,16-18,20-21,29H,2-13,15H2,1H3,(H2,35,39)/t29-/m0/s1. The third kappa shape index (κ3) is 6.68. The van der Waals surface area contributed by atoms with Crippen molar-refractivity contribution in [1.82, 2.24) is 9.80 Å². The van der Waals surface area contributed by atoms with E-state index in [-0.39, 0.29) is 11.9 Å². The maximum atomic E-state index is 13.3. The Balaban J connectivity index is 1.34. The van der Waals surface area contributed by atoms with Crippen LogP contribution < -0.4 is 5.73 Å². The van der Waals surface area contributed by atoms with Crippen LogP contribution in [0.3, 0.4) is 0 Å². The summed E-state index contributed by atoms with van der Waals surface area (Å²) in [7, 11) is 0. The Bertz CT molecular complexity index is 1220. The number of halogens is 3. The summed E-state index contributed by atoms with van der Waals surface area (Å²) in [5.74, 6) is 1.40. The molecule has 210 valence electrons. The van der Waals surface area contributed by atoms with Crippen LogP contribution in [0.4, 0.5) is 4.79 Å². The van der Waals surface area contributed by atoms with Crippen LogP contribution in [0.15, 0.2) is 50.0 Å². The van der Waals surface area contributed by atoms with Crippen LogP contribution in [0.5, 0.6) is 0 Å². The van der Waals surface area contributed by atoms with Crippen molar-refractivity contribution >= 4 is 55.4 Å². The van der Waals surface area contributed by atoms with Gasteiger partial charge in [-0.25, -0.2) is 4.79 Å². The highest BCUT2D eigenvalue weighted by Crippen LogP contribution is 2.49. The number of hydrogen-bond acceptors (Lipinski definition) is 2. The first-order valence-electron chi connectivity index (χ1n) is 14.3. The van der Waals surface area contributed by atoms with E-state index in [0.29, 0.717) is 37.3 Å². The van der Waals surface area contributed by atoms with Crippen molar-refractivity contribution in [1.29, 1.82) is 0 Å². The highest BCUT2D eigenvalue weighted by molar-refractivity contribution is 9.12. The quantitative estimate of drug-likeness (QED) is 0.354. The monoisotopic (exact) mass is 677 g/mol. The molecule has 0 aromatic heterocycles. The summed E-state index contributed by atoms with van der Waals surface area (Å²) in [6.45, 7) is 5.15. The molecule has 2 aliphatic carbocycles. The van der Waals surface area contributed by atoms with E-state index in [4.69, 9.17) is 17.3 Å². The number of allylic oxidation sites excluding steroid dienone is 6. The highest BCUT2D eigenvalue weighted by Gasteiger charge is 2.37. The van der Waals surface area contributed by atoms with E-state index in [0.717, 1.165) is 78.4 Å². The van der Waals surface area contributed by atoms with Gasteiger partial charge in [0.15, 0.2) is 0 Å². The molecular weight excluding hydrogens is 642 g/mol. The molecule has 0 saturated carbocycles. The van der Waals surface area contributed by atoms with Gasteiger partial charge in [0.05, 0.1) is 0 Å². The second-order valence-electron chi connectivity index (χ2n) is 11.7. The van der Waals surface area contributed by atoms with Crippen LogP contribution in [0, 0.1) is 11.8 Å². The molecule has 3 amide bonds. The minimum absolute atomic E-state index is 0.263. The lowest BCUT2D eigenvalue weighted by Crippen LogP contribution is -2.44. The van der Waals surface area contributed by atoms with Gasteiger partial charge in [-0.05, 0) is 111 Å². The lowest BCUT2D eigenvalue weighted by atomic mass is 9.72. The third-order valence-corrected chi connectivity index (χ3v) is 10.5. The van der Waals surface area contributed by atoms with Gasteiger partial charge in [0.25, 0.3) is 0 Å². The van der Waals surface area contributed by atoms with Crippen molar-refractivity contribution in [3.05, 3.63) is 66.1 Å². The summed E-state index contributed by atoms with van der Waals surface area (Å²) in [5, 5.41) is 0.782. The van der Waals surface area contributed by atoms with Gasteiger partial charge < -0.3 is 15.5 Å². The molecule has 1 atom stereocenters. The summed E-state index contributed by atoms with van der Waals surface area (Å²) in [6, 6.07) is 3.87. The molecule has 5 rings (SSSR count). The van der Waals surface area contributed by atoms with E-state index in [1.807, 2.05) is 0 Å². The molecule has 0 unspecified atom stereocenters. The molecule has 1 aromatic carbocycles. The summed E-state index contributed by atoms with van der Waals surface area (Å²) in [5.41, 5.74) is 12.6. The number of carbonyl (C=O) groups excluding carboxylic acids is 2. The molecule has 39 heavy (non-hydrogen) atoms. The first-order chi connectivity index (χ1) is 18.7. The number of urea groups is 1. The van der Waals surface area contributed by atoms with Gasteiger partial charge in [-0.15, -0.1) is 0 Å². The fourth-order valence-corrected chi connectivity index (χ4v) is 8.85. The normalized spacial score (nSPS) is 23.2. The number of carbonyl (C=O) groups is 2. The fraction of sp³-hybridized carbons (Fsp3) is 0.548. The lowest BCUT2D eigenvalue weighted by Gasteiger charge is -2.39. The highest BCUT2D eigenvalue weighted by atomic mass is 79.9. The maximum absolute atomic E-state index is 13.3. The second kappa shape index (κ2) is 12.5. The summed E-state index contributed by atoms with van der Waals surface area (Å²) >= 11 is 14.2. The zero-order valence-electron chi connectivity index (χ0n) is 22.7. The van der Waals surface area contributed by atoms with Crippen LogP contribution in [0.1, 0.15) is 75.3 Å². The van der Waals surface area contributed by atoms with Crippen LogP contribution in [-0.4, -0.2) is 47.9 Å². The second-order valence-corrected chi connectivity index (χ2v) is 13.9. The summed E-state index contributed by atoms with van der Waals surface area (Å²) in [4.78, 5) is 28.5. The number of likely N-dealkylation sites (tertiary alicyclic amines) is 2. The molecule has 5 nitrogen and oxygen atoms in total. The molecule has 2 heterocycles. The van der Waals surface area contributed by atoms with E-state index in [2.05, 4.69) is 68.0 Å². The number of aryl methyl sites for hydroxylation is 1. The summed E-state index contributed by atoms with van der Waals surface area (Å²) < 4.78 is 2.26. The Hall–Kier alpha value is -1.57. The summed E-state index contributed by atoms with van der Waals surface area (Å²) in [6.07, 6.45) is 13.0. The first kappa shape index (κ1) is 28.9. The van der Waals surface area contributed by atoms with E-state index in [1.165, 1.54) is 22.3 Å². The topological polar surface area (TPSA) is 66.6 Å². The average Bonchev–Trinajstić information content (AvgIpc) is 3.03. The van der Waals surface area contributed by atoms with Crippen LogP contribution in [-0.2, 0) is 11.2 Å². The van der Waals surface area contributed by atoms with Gasteiger partial charge in [0, 0.05) is 52.5 Å². The van der Waals surface area contributed by atoms with Gasteiger partial charge in [-0.2, -0.15) is 0 Å². The van der Waals surface area contributed by atoms with E-state index in [9.17, 15) is 9.59 Å². The van der Waals surface area contributed by atoms with Crippen molar-refractivity contribution in [3.63, 3.8) is 0 Å². The molecule has 2 aliphatic heterocycles. The van der Waals surface area contributed by atoms with E-state index >= 15 is 0 Å². The molecule has 4 aliphatic rings. The molecule has 8 heteroatoms. The number of hydrogen-bond donors (Lipinski definition) is 1. The van der Waals surface area contributed by atoms with Crippen LogP contribution in [0.25, 0.3) is 0 Å². The number of rotatable bonds is 3. The van der Waals surface area contributed by atoms with E-state index < -0.39 is 0 Å². The van der Waals surface area contributed by atoms with Crippen molar-refractivity contribution in [2.45, 2.75) is 70.6 Å². The molecular formula is C31H38Br2ClN3O2. The predicted molar refractivity (Wildman–Crippen MR) is 165 cm³/mol. The third-order valence-electron chi connectivity index (χ3n) is 9.18. The van der Waals surface area contributed by atoms with Gasteiger partial charge in [0.1, 0.15) is 0 Å². The van der Waals surface area contributed by atoms with Crippen molar-refractivity contribution in [2.75, 3.05) is 26.2 Å². The van der Waals surface area contributed by atoms with Crippen LogP contribution >= 0.6 is 43.5 Å². The number of amides is 3. The van der Waals surface area contributed by atoms with Crippen LogP contribution in [0.2, 0.25) is 5.02 Å². The largest absolute Gasteiger partial charge is 0.351 e.